The number of hydrogen-bond acceptors (Lipinski definition) is 3. The normalized spacial score (nSPS) is 28.9. The van der Waals surface area contributed by atoms with E-state index in [-0.39, 0.29) is 0 Å². The van der Waals surface area contributed by atoms with Gasteiger partial charge in [-0.1, -0.05) is 25.5 Å². The Morgan fingerprint density at radius 2 is 1.32 bits per heavy atom. The predicted octanol–water partition coefficient (Wildman–Crippen LogP) is 5.88. The fourth-order valence-corrected chi connectivity index (χ4v) is 6.50. The van der Waals surface area contributed by atoms with Gasteiger partial charge >= 0.3 is 0 Å². The van der Waals surface area contributed by atoms with E-state index in [1.165, 1.54) is 0 Å². The average Bonchev–Trinajstić information content (AvgIpc) is 2.65. The molecule has 1 aliphatic carbocycles. The van der Waals surface area contributed by atoms with E-state index >= 15 is 0 Å². The third kappa shape index (κ3) is 9.15. The summed E-state index contributed by atoms with van der Waals surface area (Å²) in [6.07, 6.45) is 7.41. The van der Waals surface area contributed by atoms with Gasteiger partial charge < -0.3 is 13.3 Å². The molecule has 0 radical (unpaired) electrons. The summed E-state index contributed by atoms with van der Waals surface area (Å²) in [6, 6.07) is 0. The highest BCUT2D eigenvalue weighted by atomic mass is 28.4. The Balaban J connectivity index is 2.89. The molecule has 1 saturated carbocycles. The first-order valence-corrected chi connectivity index (χ1v) is 20.1. The zero-order chi connectivity index (χ0) is 19.5. The van der Waals surface area contributed by atoms with Crippen molar-refractivity contribution in [2.24, 2.45) is 11.8 Å². The van der Waals surface area contributed by atoms with Gasteiger partial charge in [0.15, 0.2) is 25.0 Å². The van der Waals surface area contributed by atoms with Crippen LogP contribution >= 0.6 is 0 Å². The van der Waals surface area contributed by atoms with E-state index in [0.29, 0.717) is 24.0 Å². The molecule has 0 saturated heterocycles. The largest absolute Gasteiger partial charge is 0.414 e. The Morgan fingerprint density at radius 3 is 1.76 bits per heavy atom. The highest BCUT2D eigenvalue weighted by molar-refractivity contribution is 6.70. The lowest BCUT2D eigenvalue weighted by atomic mass is 9.91. The van der Waals surface area contributed by atoms with E-state index < -0.39 is 25.0 Å². The van der Waals surface area contributed by atoms with Crippen molar-refractivity contribution in [3.05, 3.63) is 12.2 Å². The molecule has 25 heavy (non-hydrogen) atoms. The van der Waals surface area contributed by atoms with Crippen molar-refractivity contribution in [3.8, 4) is 0 Å². The molecule has 0 spiro atoms. The van der Waals surface area contributed by atoms with Gasteiger partial charge in [0, 0.05) is 5.92 Å². The second kappa shape index (κ2) is 8.97. The van der Waals surface area contributed by atoms with Crippen LogP contribution in [0.25, 0.3) is 0 Å². The molecule has 4 atom stereocenters. The minimum Gasteiger partial charge on any atom is -0.414 e. The zero-order valence-corrected chi connectivity index (χ0v) is 21.3. The van der Waals surface area contributed by atoms with E-state index in [0.717, 1.165) is 19.4 Å². The monoisotopic (exact) mass is 402 g/mol. The SMILES string of the molecule is CCC1C(O[Si](C)(C)C)CC(O[Si](C)(C)C)C1/C=C/CO[Si](C)(C)C. The summed E-state index contributed by atoms with van der Waals surface area (Å²) >= 11 is 0. The maximum Gasteiger partial charge on any atom is 0.184 e. The highest BCUT2D eigenvalue weighted by Gasteiger charge is 2.44. The Kier molecular flexibility index (Phi) is 8.37. The zero-order valence-electron chi connectivity index (χ0n) is 18.3. The first-order valence-electron chi connectivity index (χ1n) is 9.88. The minimum absolute atomic E-state index is 0.293. The standard InChI is InChI=1S/C19H42O3Si3/c1-11-16-17(13-12-14-20-23(2,3)4)19(22-25(8,9)10)15-18(16)21-24(5,6)7/h12-13,16-19H,11,14-15H2,1-10H3/b13-12+. The maximum atomic E-state index is 6.58. The van der Waals surface area contributed by atoms with Crippen LogP contribution < -0.4 is 0 Å². The van der Waals surface area contributed by atoms with Gasteiger partial charge in [-0.15, -0.1) is 0 Å². The summed E-state index contributed by atoms with van der Waals surface area (Å²) in [4.78, 5) is 0. The lowest BCUT2D eigenvalue weighted by Crippen LogP contribution is -2.34. The third-order valence-corrected chi connectivity index (χ3v) is 7.37. The van der Waals surface area contributed by atoms with Crippen molar-refractivity contribution in [2.75, 3.05) is 6.61 Å². The van der Waals surface area contributed by atoms with Crippen molar-refractivity contribution in [2.45, 2.75) is 90.9 Å². The molecule has 3 nitrogen and oxygen atoms in total. The fourth-order valence-electron chi connectivity index (χ4n) is 3.57. The lowest BCUT2D eigenvalue weighted by molar-refractivity contribution is 0.137. The van der Waals surface area contributed by atoms with Gasteiger partial charge in [-0.05, 0) is 71.3 Å². The number of hydrogen-bond donors (Lipinski definition) is 0. The molecule has 0 heterocycles. The molecule has 0 aromatic heterocycles. The van der Waals surface area contributed by atoms with Crippen molar-refractivity contribution in [1.29, 1.82) is 0 Å². The van der Waals surface area contributed by atoms with Crippen LogP contribution in [0.15, 0.2) is 12.2 Å². The van der Waals surface area contributed by atoms with Crippen LogP contribution in [0.2, 0.25) is 58.9 Å². The second-order valence-corrected chi connectivity index (χ2v) is 23.7. The third-order valence-electron chi connectivity index (χ3n) is 4.32. The van der Waals surface area contributed by atoms with Crippen LogP contribution in [0, 0.1) is 11.8 Å². The molecule has 0 aromatic rings. The molecule has 0 aliphatic heterocycles. The molecular weight excluding hydrogens is 360 g/mol. The average molecular weight is 403 g/mol. The molecule has 6 heteroatoms. The molecule has 1 aliphatic rings. The van der Waals surface area contributed by atoms with Crippen LogP contribution in [-0.4, -0.2) is 43.8 Å². The summed E-state index contributed by atoms with van der Waals surface area (Å²) in [5.74, 6) is 1.000. The molecule has 0 aromatic carbocycles. The van der Waals surface area contributed by atoms with Gasteiger partial charge in [0.1, 0.15) is 0 Å². The van der Waals surface area contributed by atoms with Gasteiger partial charge in [-0.2, -0.15) is 0 Å². The molecule has 4 unspecified atom stereocenters. The smallest absolute Gasteiger partial charge is 0.184 e. The van der Waals surface area contributed by atoms with E-state index in [1.807, 2.05) is 0 Å². The summed E-state index contributed by atoms with van der Waals surface area (Å²) in [5.41, 5.74) is 0. The minimum atomic E-state index is -1.57. The molecule has 1 fully saturated rings. The van der Waals surface area contributed by atoms with Crippen molar-refractivity contribution in [1.82, 2.24) is 0 Å². The van der Waals surface area contributed by atoms with E-state index in [4.69, 9.17) is 13.3 Å². The predicted molar refractivity (Wildman–Crippen MR) is 117 cm³/mol. The Morgan fingerprint density at radius 1 is 0.800 bits per heavy atom. The molecule has 1 rings (SSSR count). The van der Waals surface area contributed by atoms with E-state index in [2.05, 4.69) is 78.0 Å². The highest BCUT2D eigenvalue weighted by Crippen LogP contribution is 2.41. The first kappa shape index (κ1) is 23.3. The fraction of sp³-hybridized carbons (Fsp3) is 0.895. The summed E-state index contributed by atoms with van der Waals surface area (Å²) < 4.78 is 19.1. The lowest BCUT2D eigenvalue weighted by Gasteiger charge is -2.29. The molecular formula is C19H42O3Si3. The van der Waals surface area contributed by atoms with Crippen molar-refractivity contribution in [3.63, 3.8) is 0 Å². The molecule has 0 amide bonds. The molecule has 148 valence electrons. The van der Waals surface area contributed by atoms with Gasteiger partial charge in [-0.25, -0.2) is 0 Å². The van der Waals surface area contributed by atoms with Crippen LogP contribution in [-0.2, 0) is 13.3 Å². The van der Waals surface area contributed by atoms with Gasteiger partial charge in [0.25, 0.3) is 0 Å². The van der Waals surface area contributed by atoms with Gasteiger partial charge in [0.2, 0.25) is 0 Å². The van der Waals surface area contributed by atoms with Crippen LogP contribution in [0.1, 0.15) is 19.8 Å². The second-order valence-electron chi connectivity index (χ2n) is 10.3. The topological polar surface area (TPSA) is 27.7 Å². The van der Waals surface area contributed by atoms with Crippen LogP contribution in [0.5, 0.6) is 0 Å². The Bertz CT molecular complexity index is 433. The molecule has 0 N–H and O–H groups in total. The summed E-state index contributed by atoms with van der Waals surface area (Å²) in [7, 11) is -4.58. The number of rotatable bonds is 9. The molecule has 0 bridgehead atoms. The van der Waals surface area contributed by atoms with Crippen molar-refractivity contribution >= 4 is 25.0 Å². The van der Waals surface area contributed by atoms with Crippen LogP contribution in [0.3, 0.4) is 0 Å². The van der Waals surface area contributed by atoms with Gasteiger partial charge in [0.05, 0.1) is 18.8 Å². The quantitative estimate of drug-likeness (QED) is 0.356. The summed E-state index contributed by atoms with van der Waals surface area (Å²) in [6.45, 7) is 23.5. The van der Waals surface area contributed by atoms with Crippen LogP contribution in [0.4, 0.5) is 0 Å². The first-order chi connectivity index (χ1) is 11.2. The Hall–Kier alpha value is 0.271. The van der Waals surface area contributed by atoms with E-state index in [9.17, 15) is 0 Å². The summed E-state index contributed by atoms with van der Waals surface area (Å²) in [5, 5.41) is 0. The van der Waals surface area contributed by atoms with E-state index in [1.54, 1.807) is 0 Å². The van der Waals surface area contributed by atoms with Crippen molar-refractivity contribution < 1.29 is 13.3 Å². The Labute approximate surface area is 159 Å². The van der Waals surface area contributed by atoms with Gasteiger partial charge in [-0.3, -0.25) is 0 Å². The maximum absolute atomic E-state index is 6.58.